The number of nitrogens with one attached hydrogen (secondary N) is 1. The summed E-state index contributed by atoms with van der Waals surface area (Å²) in [5.74, 6) is 0. The van der Waals surface area contributed by atoms with Crippen molar-refractivity contribution >= 4 is 0 Å². The Hall–Kier alpha value is -0.0800. The minimum atomic E-state index is 0.355. The number of ether oxygens (including phenoxy) is 1. The van der Waals surface area contributed by atoms with Crippen molar-refractivity contribution in [1.29, 1.82) is 0 Å². The molecular weight excluding hydrogens is 174 g/mol. The molecule has 2 unspecified atom stereocenters. The van der Waals surface area contributed by atoms with E-state index in [1.165, 1.54) is 25.7 Å². The van der Waals surface area contributed by atoms with E-state index in [4.69, 9.17) is 4.74 Å². The largest absolute Gasteiger partial charge is 0.378 e. The second-order valence-corrected chi connectivity index (χ2v) is 5.42. The summed E-state index contributed by atoms with van der Waals surface area (Å²) >= 11 is 0. The molecule has 0 bridgehead atoms. The molecule has 1 heterocycles. The van der Waals surface area contributed by atoms with Crippen molar-refractivity contribution in [1.82, 2.24) is 5.32 Å². The van der Waals surface area contributed by atoms with Crippen LogP contribution in [0, 0.1) is 5.41 Å². The van der Waals surface area contributed by atoms with Crippen LogP contribution in [0.2, 0.25) is 0 Å². The van der Waals surface area contributed by atoms with Gasteiger partial charge in [-0.2, -0.15) is 0 Å². The summed E-state index contributed by atoms with van der Waals surface area (Å²) in [6.07, 6.45) is 5.49. The van der Waals surface area contributed by atoms with Gasteiger partial charge < -0.3 is 10.1 Å². The number of hydrogen-bond acceptors (Lipinski definition) is 2. The van der Waals surface area contributed by atoms with Crippen molar-refractivity contribution in [3.63, 3.8) is 0 Å². The van der Waals surface area contributed by atoms with E-state index >= 15 is 0 Å². The summed E-state index contributed by atoms with van der Waals surface area (Å²) in [5.41, 5.74) is 0.355. The van der Waals surface area contributed by atoms with Gasteiger partial charge in [0.15, 0.2) is 0 Å². The predicted octanol–water partition coefficient (Wildman–Crippen LogP) is 2.58. The van der Waals surface area contributed by atoms with Crippen LogP contribution in [0.3, 0.4) is 0 Å². The van der Waals surface area contributed by atoms with Gasteiger partial charge in [0.2, 0.25) is 0 Å². The fourth-order valence-electron chi connectivity index (χ4n) is 2.23. The van der Waals surface area contributed by atoms with E-state index in [-0.39, 0.29) is 0 Å². The van der Waals surface area contributed by atoms with Gasteiger partial charge >= 0.3 is 0 Å². The van der Waals surface area contributed by atoms with Gasteiger partial charge in [-0.3, -0.25) is 0 Å². The second kappa shape index (κ2) is 5.13. The molecule has 84 valence electrons. The molecule has 0 spiro atoms. The highest BCUT2D eigenvalue weighted by Crippen LogP contribution is 2.25. The first-order chi connectivity index (χ1) is 6.54. The van der Waals surface area contributed by atoms with Gasteiger partial charge in [-0.05, 0) is 38.1 Å². The standard InChI is InChI=1S/C12H25NO/c1-12(2,3)11(13-4)8-7-10-6-5-9-14-10/h10-11,13H,5-9H2,1-4H3. The fourth-order valence-corrected chi connectivity index (χ4v) is 2.23. The summed E-state index contributed by atoms with van der Waals surface area (Å²) in [5, 5.41) is 3.41. The maximum Gasteiger partial charge on any atom is 0.0576 e. The van der Waals surface area contributed by atoms with Crippen molar-refractivity contribution in [3.8, 4) is 0 Å². The molecule has 0 aromatic carbocycles. The second-order valence-electron chi connectivity index (χ2n) is 5.42. The van der Waals surface area contributed by atoms with Gasteiger partial charge in [-0.1, -0.05) is 20.8 Å². The van der Waals surface area contributed by atoms with Crippen molar-refractivity contribution in [2.75, 3.05) is 13.7 Å². The smallest absolute Gasteiger partial charge is 0.0576 e. The van der Waals surface area contributed by atoms with Crippen molar-refractivity contribution in [2.45, 2.75) is 58.6 Å². The third-order valence-electron chi connectivity index (χ3n) is 3.20. The zero-order valence-corrected chi connectivity index (χ0v) is 10.1. The van der Waals surface area contributed by atoms with Crippen molar-refractivity contribution in [2.24, 2.45) is 5.41 Å². The molecule has 0 saturated carbocycles. The zero-order valence-electron chi connectivity index (χ0n) is 10.1. The first-order valence-electron chi connectivity index (χ1n) is 5.83. The normalized spacial score (nSPS) is 25.3. The molecule has 0 amide bonds. The third-order valence-corrected chi connectivity index (χ3v) is 3.20. The van der Waals surface area contributed by atoms with E-state index in [1.54, 1.807) is 0 Å². The maximum absolute atomic E-state index is 5.63. The molecule has 1 aliphatic rings. The van der Waals surface area contributed by atoms with Gasteiger partial charge in [0, 0.05) is 12.6 Å². The van der Waals surface area contributed by atoms with Crippen LogP contribution in [0.4, 0.5) is 0 Å². The SMILES string of the molecule is CNC(CCC1CCCO1)C(C)(C)C. The lowest BCUT2D eigenvalue weighted by molar-refractivity contribution is 0.0945. The molecule has 14 heavy (non-hydrogen) atoms. The van der Waals surface area contributed by atoms with Gasteiger partial charge in [0.1, 0.15) is 0 Å². The average molecular weight is 199 g/mol. The third kappa shape index (κ3) is 3.58. The van der Waals surface area contributed by atoms with E-state index in [1.807, 2.05) is 0 Å². The van der Waals surface area contributed by atoms with Crippen LogP contribution < -0.4 is 5.32 Å². The van der Waals surface area contributed by atoms with E-state index < -0.39 is 0 Å². The zero-order chi connectivity index (χ0) is 10.6. The minimum absolute atomic E-state index is 0.355. The Kier molecular flexibility index (Phi) is 4.39. The Morgan fingerprint density at radius 1 is 1.43 bits per heavy atom. The Morgan fingerprint density at radius 2 is 2.14 bits per heavy atom. The van der Waals surface area contributed by atoms with Crippen LogP contribution in [-0.4, -0.2) is 25.8 Å². The van der Waals surface area contributed by atoms with Crippen molar-refractivity contribution < 1.29 is 4.74 Å². The minimum Gasteiger partial charge on any atom is -0.378 e. The lowest BCUT2D eigenvalue weighted by Crippen LogP contribution is -2.38. The van der Waals surface area contributed by atoms with Crippen LogP contribution in [0.5, 0.6) is 0 Å². The van der Waals surface area contributed by atoms with E-state index in [9.17, 15) is 0 Å². The molecule has 0 radical (unpaired) electrons. The summed E-state index contributed by atoms with van der Waals surface area (Å²) in [7, 11) is 2.06. The molecule has 2 nitrogen and oxygen atoms in total. The highest BCUT2D eigenvalue weighted by molar-refractivity contribution is 4.80. The van der Waals surface area contributed by atoms with E-state index in [0.717, 1.165) is 6.61 Å². The van der Waals surface area contributed by atoms with Crippen LogP contribution >= 0.6 is 0 Å². The van der Waals surface area contributed by atoms with Crippen LogP contribution in [0.1, 0.15) is 46.5 Å². The molecule has 1 saturated heterocycles. The van der Waals surface area contributed by atoms with Crippen molar-refractivity contribution in [3.05, 3.63) is 0 Å². The molecule has 1 aliphatic heterocycles. The summed E-state index contributed by atoms with van der Waals surface area (Å²) < 4.78 is 5.63. The monoisotopic (exact) mass is 199 g/mol. The Labute approximate surface area is 88.4 Å². The Balaban J connectivity index is 2.26. The highest BCUT2D eigenvalue weighted by atomic mass is 16.5. The molecule has 0 aromatic heterocycles. The molecule has 2 atom stereocenters. The molecule has 0 aromatic rings. The molecular formula is C12H25NO. The predicted molar refractivity (Wildman–Crippen MR) is 60.5 cm³/mol. The average Bonchev–Trinajstić information content (AvgIpc) is 2.55. The van der Waals surface area contributed by atoms with Gasteiger partial charge in [-0.25, -0.2) is 0 Å². The lowest BCUT2D eigenvalue weighted by Gasteiger charge is -2.31. The highest BCUT2D eigenvalue weighted by Gasteiger charge is 2.24. The first kappa shape index (κ1) is 12.0. The van der Waals surface area contributed by atoms with E-state index in [2.05, 4.69) is 33.1 Å². The molecule has 1 rings (SSSR count). The maximum atomic E-state index is 5.63. The summed E-state index contributed by atoms with van der Waals surface area (Å²) in [6.45, 7) is 7.86. The number of hydrogen-bond donors (Lipinski definition) is 1. The van der Waals surface area contributed by atoms with E-state index in [0.29, 0.717) is 17.6 Å². The Bertz CT molecular complexity index is 156. The summed E-state index contributed by atoms with van der Waals surface area (Å²) in [6, 6.07) is 0.603. The van der Waals surface area contributed by atoms with Gasteiger partial charge in [-0.15, -0.1) is 0 Å². The fraction of sp³-hybridized carbons (Fsp3) is 1.00. The Morgan fingerprint density at radius 3 is 2.57 bits per heavy atom. The summed E-state index contributed by atoms with van der Waals surface area (Å²) in [4.78, 5) is 0. The first-order valence-corrected chi connectivity index (χ1v) is 5.83. The van der Waals surface area contributed by atoms with Gasteiger partial charge in [0.25, 0.3) is 0 Å². The van der Waals surface area contributed by atoms with Crippen LogP contribution in [-0.2, 0) is 4.74 Å². The number of rotatable bonds is 4. The lowest BCUT2D eigenvalue weighted by atomic mass is 9.83. The molecule has 2 heteroatoms. The topological polar surface area (TPSA) is 21.3 Å². The molecule has 0 aliphatic carbocycles. The van der Waals surface area contributed by atoms with Crippen LogP contribution in [0.15, 0.2) is 0 Å². The quantitative estimate of drug-likeness (QED) is 0.751. The molecule has 1 N–H and O–H groups in total. The van der Waals surface area contributed by atoms with Crippen LogP contribution in [0.25, 0.3) is 0 Å². The molecule has 1 fully saturated rings. The van der Waals surface area contributed by atoms with Gasteiger partial charge in [0.05, 0.1) is 6.10 Å².